The minimum atomic E-state index is -1.70. The molecule has 4 atom stereocenters. The number of nitrogens with zero attached hydrogens (tertiary/aromatic N) is 5. The van der Waals surface area contributed by atoms with Crippen LogP contribution in [0.5, 0.6) is 6.01 Å². The maximum absolute atomic E-state index is 9.91. The second-order valence-electron chi connectivity index (χ2n) is 7.91. The van der Waals surface area contributed by atoms with E-state index in [1.807, 2.05) is 28.8 Å². The molecule has 195 valence electrons. The molecule has 0 bridgehead atoms. The number of benzene rings is 1. The molecule has 14 heteroatoms. The molecule has 0 aliphatic rings. The molecule has 13 nitrogen and oxygen atoms in total. The number of hydrogen-bond donors (Lipinski definition) is 6. The molecule has 2 heterocycles. The molecular formula is C22H29N6O7Se. The topological polar surface area (TPSA) is 202 Å². The molecule has 0 aliphatic carbocycles. The van der Waals surface area contributed by atoms with Gasteiger partial charge in [0.05, 0.1) is 6.61 Å². The van der Waals surface area contributed by atoms with Crippen LogP contribution >= 0.6 is 0 Å². The number of aliphatic hydroxyl groups is 5. The SMILES string of the molecule is COCCOc1nc(N)c2nc([Se])n(Cc3ccc(CN=CC(O)C(O)C(O)C(O)CO)cc3)c2n1. The summed E-state index contributed by atoms with van der Waals surface area (Å²) in [6, 6.07) is 7.67. The van der Waals surface area contributed by atoms with E-state index >= 15 is 0 Å². The number of hydrogen-bond acceptors (Lipinski definition) is 12. The summed E-state index contributed by atoms with van der Waals surface area (Å²) in [5.41, 5.74) is 8.83. The predicted octanol–water partition coefficient (Wildman–Crippen LogP) is -2.72. The monoisotopic (exact) mass is 569 g/mol. The van der Waals surface area contributed by atoms with Gasteiger partial charge in [-0.15, -0.1) is 0 Å². The van der Waals surface area contributed by atoms with E-state index in [4.69, 9.17) is 20.3 Å². The number of aliphatic imine (C=N–C) groups is 1. The van der Waals surface area contributed by atoms with Crippen LogP contribution in [0.1, 0.15) is 11.1 Å². The van der Waals surface area contributed by atoms with Crippen LogP contribution in [0.25, 0.3) is 11.2 Å². The molecule has 1 radical (unpaired) electrons. The van der Waals surface area contributed by atoms with Gasteiger partial charge in [0.25, 0.3) is 0 Å². The van der Waals surface area contributed by atoms with Crippen LogP contribution in [-0.4, -0.2) is 119 Å². The molecule has 7 N–H and O–H groups in total. The summed E-state index contributed by atoms with van der Waals surface area (Å²) in [7, 11) is 1.57. The van der Waals surface area contributed by atoms with E-state index in [9.17, 15) is 20.4 Å². The fourth-order valence-electron chi connectivity index (χ4n) is 3.23. The Morgan fingerprint density at radius 1 is 1.06 bits per heavy atom. The Morgan fingerprint density at radius 2 is 1.75 bits per heavy atom. The van der Waals surface area contributed by atoms with Crippen molar-refractivity contribution in [1.82, 2.24) is 19.5 Å². The van der Waals surface area contributed by atoms with Gasteiger partial charge in [0.2, 0.25) is 0 Å². The van der Waals surface area contributed by atoms with Crippen LogP contribution in [0.15, 0.2) is 29.3 Å². The van der Waals surface area contributed by atoms with Crippen molar-refractivity contribution in [1.29, 1.82) is 0 Å². The fraction of sp³-hybridized carbons (Fsp3) is 0.455. The first-order valence-corrected chi connectivity index (χ1v) is 11.8. The first-order valence-electron chi connectivity index (χ1n) is 11.0. The van der Waals surface area contributed by atoms with Crippen molar-refractivity contribution in [2.75, 3.05) is 32.7 Å². The fourth-order valence-corrected chi connectivity index (χ4v) is 3.74. The van der Waals surface area contributed by atoms with Gasteiger partial charge >= 0.3 is 176 Å². The van der Waals surface area contributed by atoms with Crippen LogP contribution in [0.4, 0.5) is 5.82 Å². The van der Waals surface area contributed by atoms with E-state index < -0.39 is 31.0 Å². The van der Waals surface area contributed by atoms with Gasteiger partial charge in [-0.2, -0.15) is 0 Å². The number of anilines is 1. The summed E-state index contributed by atoms with van der Waals surface area (Å²) in [6.07, 6.45) is -5.38. The van der Waals surface area contributed by atoms with Crippen molar-refractivity contribution >= 4 is 43.9 Å². The van der Waals surface area contributed by atoms with Crippen LogP contribution in [0.2, 0.25) is 0 Å². The molecule has 0 aliphatic heterocycles. The van der Waals surface area contributed by atoms with Gasteiger partial charge in [0.15, 0.2) is 0 Å². The molecule has 36 heavy (non-hydrogen) atoms. The van der Waals surface area contributed by atoms with Crippen LogP contribution in [0, 0.1) is 0 Å². The second-order valence-corrected chi connectivity index (χ2v) is 8.68. The van der Waals surface area contributed by atoms with Gasteiger partial charge in [-0.05, 0) is 0 Å². The number of nitrogen functional groups attached to an aromatic ring is 1. The van der Waals surface area contributed by atoms with Crippen molar-refractivity contribution in [3.63, 3.8) is 0 Å². The first kappa shape index (κ1) is 27.9. The van der Waals surface area contributed by atoms with Crippen LogP contribution in [-0.2, 0) is 17.8 Å². The zero-order valence-corrected chi connectivity index (χ0v) is 21.2. The third-order valence-corrected chi connectivity index (χ3v) is 5.92. The number of methoxy groups -OCH3 is 1. The number of rotatable bonds is 13. The molecule has 0 amide bonds. The van der Waals surface area contributed by atoms with Crippen molar-refractivity contribution in [2.24, 2.45) is 4.99 Å². The van der Waals surface area contributed by atoms with Crippen molar-refractivity contribution in [2.45, 2.75) is 37.5 Å². The molecule has 2 aromatic heterocycles. The minimum absolute atomic E-state index is 0.136. The number of aromatic nitrogens is 4. The average molecular weight is 568 g/mol. The third-order valence-electron chi connectivity index (χ3n) is 5.26. The van der Waals surface area contributed by atoms with E-state index in [1.165, 1.54) is 0 Å². The first-order chi connectivity index (χ1) is 17.2. The van der Waals surface area contributed by atoms with Crippen LogP contribution in [0.3, 0.4) is 0 Å². The molecule has 3 rings (SSSR count). The van der Waals surface area contributed by atoms with E-state index in [-0.39, 0.29) is 25.0 Å². The Bertz CT molecular complexity index is 1160. The molecule has 0 saturated carbocycles. The summed E-state index contributed by atoms with van der Waals surface area (Å²) in [5, 5.41) is 47.6. The molecule has 0 fully saturated rings. The van der Waals surface area contributed by atoms with Gasteiger partial charge in [-0.25, -0.2) is 0 Å². The quantitative estimate of drug-likeness (QED) is 0.0711. The Balaban J connectivity index is 1.66. The predicted molar refractivity (Wildman–Crippen MR) is 131 cm³/mol. The van der Waals surface area contributed by atoms with Gasteiger partial charge < -0.3 is 20.4 Å². The van der Waals surface area contributed by atoms with Gasteiger partial charge in [-0.3, -0.25) is 0 Å². The molecule has 0 saturated heterocycles. The number of ether oxygens (including phenoxy) is 2. The molecule has 1 aromatic carbocycles. The Labute approximate surface area is 215 Å². The molecular weight excluding hydrogens is 539 g/mol. The van der Waals surface area contributed by atoms with Gasteiger partial charge in [0, 0.05) is 0 Å². The molecule has 4 unspecified atom stereocenters. The third kappa shape index (κ3) is 6.96. The van der Waals surface area contributed by atoms with Crippen molar-refractivity contribution < 1.29 is 35.0 Å². The number of fused-ring (bicyclic) bond motifs is 1. The second kappa shape index (κ2) is 13.0. The summed E-state index contributed by atoms with van der Waals surface area (Å²) < 4.78 is 12.9. The zero-order valence-electron chi connectivity index (χ0n) is 19.5. The maximum atomic E-state index is 9.91. The van der Waals surface area contributed by atoms with Crippen LogP contribution < -0.4 is 15.2 Å². The molecule has 0 spiro atoms. The normalized spacial score (nSPS) is 15.3. The Hall–Kier alpha value is -2.68. The summed E-state index contributed by atoms with van der Waals surface area (Å²) in [5.74, 6) is 0.210. The van der Waals surface area contributed by atoms with Gasteiger partial charge in [-0.1, -0.05) is 0 Å². The Morgan fingerprint density at radius 3 is 2.42 bits per heavy atom. The average Bonchev–Trinajstić information content (AvgIpc) is 3.19. The van der Waals surface area contributed by atoms with Gasteiger partial charge in [0.1, 0.15) is 12.2 Å². The molecule has 3 aromatic rings. The number of nitrogens with two attached hydrogens (primary N) is 1. The van der Waals surface area contributed by atoms with E-state index in [0.29, 0.717) is 29.0 Å². The number of imidazole rings is 1. The standard InChI is InChI=1S/C22H29N6O7Se/c1-34-6-7-35-21-26-19(23)16-20(27-21)28(22(36)25-16)10-13-4-2-12(3-5-13)8-24-9-14(30)17(32)18(33)15(31)11-29/h2-5,9,14-15,17-18,29-33H,6-8,10-11H2,1H3,(H2,23,26,27). The Kier molecular flexibility index (Phi) is 10.1. The summed E-state index contributed by atoms with van der Waals surface area (Å²) >= 11 is 2.91. The summed E-state index contributed by atoms with van der Waals surface area (Å²) in [4.78, 5) is 17.1. The zero-order chi connectivity index (χ0) is 26.2. The van der Waals surface area contributed by atoms with E-state index in [1.54, 1.807) is 7.11 Å². The van der Waals surface area contributed by atoms with E-state index in [0.717, 1.165) is 17.3 Å². The van der Waals surface area contributed by atoms with E-state index in [2.05, 4.69) is 36.0 Å². The van der Waals surface area contributed by atoms with Crippen molar-refractivity contribution in [3.8, 4) is 6.01 Å². The number of aliphatic hydroxyl groups excluding tert-OH is 5. The van der Waals surface area contributed by atoms with Crippen molar-refractivity contribution in [3.05, 3.63) is 35.4 Å². The summed E-state index contributed by atoms with van der Waals surface area (Å²) in [6.45, 7) is 0.593.